The number of aryl methyl sites for hydroxylation is 1. The number of carbonyl (C=O) groups is 1. The first-order valence-corrected chi connectivity index (χ1v) is 10.9. The van der Waals surface area contributed by atoms with Crippen molar-refractivity contribution in [3.63, 3.8) is 0 Å². The molecule has 1 aromatic heterocycles. The minimum Gasteiger partial charge on any atom is -0.379 e. The van der Waals surface area contributed by atoms with E-state index in [1.165, 1.54) is 10.5 Å². The number of sulfonamides is 1. The van der Waals surface area contributed by atoms with Crippen LogP contribution in [0.2, 0.25) is 0 Å². The van der Waals surface area contributed by atoms with E-state index in [4.69, 9.17) is 4.74 Å². The van der Waals surface area contributed by atoms with Gasteiger partial charge in [-0.1, -0.05) is 0 Å². The molecule has 152 valence electrons. The Hall–Kier alpha value is -1.49. The van der Waals surface area contributed by atoms with Crippen molar-refractivity contribution in [1.82, 2.24) is 24.3 Å². The zero-order valence-corrected chi connectivity index (χ0v) is 16.9. The van der Waals surface area contributed by atoms with Crippen LogP contribution in [0, 0.1) is 12.8 Å². The molecule has 0 saturated carbocycles. The number of nitrogens with one attached hydrogen (secondary N) is 1. The molecular weight excluding hydrogens is 370 g/mol. The standard InChI is InChI=1S/C17H29N5O4S/c1-14-16(12-19-20(14)2)27(24,25)22-6-3-4-15(13-22)17(23)18-5-7-21-8-10-26-11-9-21/h12,15H,3-11,13H2,1-2H3,(H,18,23)/t15-/m1/s1. The average Bonchev–Trinajstić information content (AvgIpc) is 3.02. The third kappa shape index (κ3) is 4.68. The highest BCUT2D eigenvalue weighted by molar-refractivity contribution is 7.89. The molecule has 3 rings (SSSR count). The number of ether oxygens (including phenoxy) is 1. The molecule has 0 spiro atoms. The lowest BCUT2D eigenvalue weighted by Crippen LogP contribution is -2.47. The molecule has 2 fully saturated rings. The predicted octanol–water partition coefficient (Wildman–Crippen LogP) is -0.422. The Balaban J connectivity index is 1.55. The van der Waals surface area contributed by atoms with Crippen molar-refractivity contribution in [3.05, 3.63) is 11.9 Å². The SMILES string of the molecule is Cc1c(S(=O)(=O)N2CCC[C@@H](C(=O)NCCN3CCOCC3)C2)cnn1C. The topological polar surface area (TPSA) is 96.8 Å². The van der Waals surface area contributed by atoms with Gasteiger partial charge in [0.05, 0.1) is 31.0 Å². The minimum atomic E-state index is -3.63. The lowest BCUT2D eigenvalue weighted by atomic mass is 9.99. The van der Waals surface area contributed by atoms with E-state index in [9.17, 15) is 13.2 Å². The number of carbonyl (C=O) groups excluding carboxylic acids is 1. The third-order valence-corrected chi connectivity index (χ3v) is 7.36. The Morgan fingerprint density at radius 1 is 1.33 bits per heavy atom. The molecule has 2 saturated heterocycles. The predicted molar refractivity (Wildman–Crippen MR) is 99.7 cm³/mol. The first-order chi connectivity index (χ1) is 12.9. The number of hydrogen-bond donors (Lipinski definition) is 1. The summed E-state index contributed by atoms with van der Waals surface area (Å²) >= 11 is 0. The summed E-state index contributed by atoms with van der Waals surface area (Å²) in [6.45, 7) is 7.00. The zero-order valence-electron chi connectivity index (χ0n) is 16.1. The first kappa shape index (κ1) is 20.2. The summed E-state index contributed by atoms with van der Waals surface area (Å²) in [4.78, 5) is 15.0. The maximum Gasteiger partial charge on any atom is 0.246 e. The van der Waals surface area contributed by atoms with Gasteiger partial charge in [0.1, 0.15) is 4.90 Å². The molecule has 10 heteroatoms. The van der Waals surface area contributed by atoms with Crippen LogP contribution in [0.5, 0.6) is 0 Å². The fraction of sp³-hybridized carbons (Fsp3) is 0.765. The highest BCUT2D eigenvalue weighted by Gasteiger charge is 2.34. The number of rotatable bonds is 6. The molecule has 27 heavy (non-hydrogen) atoms. The molecule has 0 unspecified atom stereocenters. The summed E-state index contributed by atoms with van der Waals surface area (Å²) in [5.74, 6) is -0.374. The van der Waals surface area contributed by atoms with Crippen molar-refractivity contribution in [2.45, 2.75) is 24.7 Å². The average molecular weight is 400 g/mol. The number of nitrogens with zero attached hydrogens (tertiary/aromatic N) is 4. The minimum absolute atomic E-state index is 0.0638. The van der Waals surface area contributed by atoms with Crippen LogP contribution in [-0.2, 0) is 26.6 Å². The molecule has 0 bridgehead atoms. The summed E-state index contributed by atoms with van der Waals surface area (Å²) in [5.41, 5.74) is 0.604. The Morgan fingerprint density at radius 2 is 2.07 bits per heavy atom. The zero-order chi connectivity index (χ0) is 19.4. The Kier molecular flexibility index (Phi) is 6.51. The fourth-order valence-electron chi connectivity index (χ4n) is 3.55. The smallest absolute Gasteiger partial charge is 0.246 e. The molecule has 9 nitrogen and oxygen atoms in total. The van der Waals surface area contributed by atoms with Crippen molar-refractivity contribution in [1.29, 1.82) is 0 Å². The van der Waals surface area contributed by atoms with Gasteiger partial charge in [-0.15, -0.1) is 0 Å². The molecule has 2 aliphatic rings. The monoisotopic (exact) mass is 399 g/mol. The van der Waals surface area contributed by atoms with E-state index in [1.54, 1.807) is 18.7 Å². The molecule has 1 N–H and O–H groups in total. The number of amides is 1. The number of hydrogen-bond acceptors (Lipinski definition) is 6. The number of aromatic nitrogens is 2. The third-order valence-electron chi connectivity index (χ3n) is 5.39. The molecule has 1 amide bonds. The van der Waals surface area contributed by atoms with E-state index >= 15 is 0 Å². The van der Waals surface area contributed by atoms with Gasteiger partial charge < -0.3 is 10.1 Å². The molecule has 0 aromatic carbocycles. The van der Waals surface area contributed by atoms with Crippen molar-refractivity contribution in [2.75, 3.05) is 52.5 Å². The van der Waals surface area contributed by atoms with Crippen LogP contribution >= 0.6 is 0 Å². The van der Waals surface area contributed by atoms with Gasteiger partial charge in [-0.2, -0.15) is 9.40 Å². The van der Waals surface area contributed by atoms with Crippen LogP contribution in [0.15, 0.2) is 11.1 Å². The van der Waals surface area contributed by atoms with Gasteiger partial charge in [-0.25, -0.2) is 8.42 Å². The maximum atomic E-state index is 12.9. The van der Waals surface area contributed by atoms with Gasteiger partial charge in [0.2, 0.25) is 15.9 Å². The van der Waals surface area contributed by atoms with E-state index in [0.29, 0.717) is 31.6 Å². The van der Waals surface area contributed by atoms with E-state index in [-0.39, 0.29) is 23.3 Å². The van der Waals surface area contributed by atoms with Gasteiger partial charge in [-0.3, -0.25) is 14.4 Å². The van der Waals surface area contributed by atoms with E-state index in [1.807, 2.05) is 0 Å². The second-order valence-electron chi connectivity index (χ2n) is 7.17. The molecule has 3 heterocycles. The first-order valence-electron chi connectivity index (χ1n) is 9.46. The highest BCUT2D eigenvalue weighted by atomic mass is 32.2. The molecule has 0 aliphatic carbocycles. The lowest BCUT2D eigenvalue weighted by molar-refractivity contribution is -0.126. The van der Waals surface area contributed by atoms with Gasteiger partial charge >= 0.3 is 0 Å². The molecular formula is C17H29N5O4S. The molecule has 1 aromatic rings. The van der Waals surface area contributed by atoms with Crippen molar-refractivity contribution < 1.29 is 17.9 Å². The van der Waals surface area contributed by atoms with Crippen LogP contribution in [0.4, 0.5) is 0 Å². The largest absolute Gasteiger partial charge is 0.379 e. The van der Waals surface area contributed by atoms with Gasteiger partial charge in [0.25, 0.3) is 0 Å². The maximum absolute atomic E-state index is 12.9. The Morgan fingerprint density at radius 3 is 2.74 bits per heavy atom. The van der Waals surface area contributed by atoms with Crippen LogP contribution in [0.25, 0.3) is 0 Å². The Labute approximate surface area is 160 Å². The second kappa shape index (κ2) is 8.68. The van der Waals surface area contributed by atoms with Crippen LogP contribution in [0.1, 0.15) is 18.5 Å². The van der Waals surface area contributed by atoms with E-state index < -0.39 is 10.0 Å². The summed E-state index contributed by atoms with van der Waals surface area (Å²) in [5, 5.41) is 7.00. The molecule has 0 radical (unpaired) electrons. The van der Waals surface area contributed by atoms with Gasteiger partial charge in [0, 0.05) is 46.3 Å². The summed E-state index contributed by atoms with van der Waals surface area (Å²) < 4.78 is 34.2. The van der Waals surface area contributed by atoms with Gasteiger partial charge in [-0.05, 0) is 19.8 Å². The quantitative estimate of drug-likeness (QED) is 0.698. The van der Waals surface area contributed by atoms with Crippen molar-refractivity contribution in [3.8, 4) is 0 Å². The number of piperidine rings is 1. The summed E-state index contributed by atoms with van der Waals surface area (Å²) in [6.07, 6.45) is 2.78. The van der Waals surface area contributed by atoms with Gasteiger partial charge in [0.15, 0.2) is 0 Å². The highest BCUT2D eigenvalue weighted by Crippen LogP contribution is 2.25. The lowest BCUT2D eigenvalue weighted by Gasteiger charge is -2.31. The fourth-order valence-corrected chi connectivity index (χ4v) is 5.26. The number of morpholine rings is 1. The molecule has 2 aliphatic heterocycles. The summed E-state index contributed by atoms with van der Waals surface area (Å²) in [7, 11) is -1.91. The van der Waals surface area contributed by atoms with E-state index in [2.05, 4.69) is 15.3 Å². The summed E-state index contributed by atoms with van der Waals surface area (Å²) in [6, 6.07) is 0. The van der Waals surface area contributed by atoms with Crippen LogP contribution in [0.3, 0.4) is 0 Å². The van der Waals surface area contributed by atoms with Crippen molar-refractivity contribution >= 4 is 15.9 Å². The van der Waals surface area contributed by atoms with E-state index in [0.717, 1.165) is 32.8 Å². The van der Waals surface area contributed by atoms with Crippen LogP contribution in [-0.4, -0.2) is 85.8 Å². The van der Waals surface area contributed by atoms with Crippen LogP contribution < -0.4 is 5.32 Å². The van der Waals surface area contributed by atoms with Crippen molar-refractivity contribution in [2.24, 2.45) is 13.0 Å². The molecule has 1 atom stereocenters. The normalized spacial score (nSPS) is 22.7. The second-order valence-corrected chi connectivity index (χ2v) is 9.07. The Bertz CT molecular complexity index is 757.